The molecular formula is C20H21N5O4. The van der Waals surface area contributed by atoms with E-state index in [2.05, 4.69) is 20.6 Å². The number of rotatable bonds is 7. The molecule has 0 aliphatic heterocycles. The fourth-order valence-corrected chi connectivity index (χ4v) is 2.75. The van der Waals surface area contributed by atoms with Gasteiger partial charge in [-0.15, -0.1) is 0 Å². The Balaban J connectivity index is 1.75. The van der Waals surface area contributed by atoms with Crippen molar-refractivity contribution in [2.75, 3.05) is 24.9 Å². The number of ether oxygens (including phenoxy) is 2. The summed E-state index contributed by atoms with van der Waals surface area (Å²) in [6.07, 6.45) is 0.458. The van der Waals surface area contributed by atoms with Crippen LogP contribution < -0.4 is 25.8 Å². The molecule has 0 fully saturated rings. The minimum absolute atomic E-state index is 0.0263. The third kappa shape index (κ3) is 4.83. The number of aromatic nitrogens is 2. The largest absolute Gasteiger partial charge is 0.493 e. The molecule has 0 aliphatic rings. The summed E-state index contributed by atoms with van der Waals surface area (Å²) in [6.45, 7) is 0. The highest BCUT2D eigenvalue weighted by Gasteiger charge is 2.18. The van der Waals surface area contributed by atoms with Crippen LogP contribution in [0.3, 0.4) is 0 Å². The number of nitrogens with one attached hydrogen (secondary N) is 3. The molecule has 150 valence electrons. The number of benzene rings is 2. The monoisotopic (exact) mass is 395 g/mol. The van der Waals surface area contributed by atoms with Gasteiger partial charge in [0.1, 0.15) is 11.5 Å². The van der Waals surface area contributed by atoms with E-state index in [4.69, 9.17) is 15.2 Å². The standard InChI is InChI=1S/C20H21N5O4/c1-28-14-9-8-13(11-15(14)29-2)22-20(27)25-19-17(18(21)26)23-16(24-19)10-12-6-4-3-5-7-12/h3-9,11H,10H2,1-2H3,(H2,21,26)(H,23,24)(H2,22,25,27). The molecule has 0 bridgehead atoms. The van der Waals surface area contributed by atoms with E-state index in [0.29, 0.717) is 29.4 Å². The van der Waals surface area contributed by atoms with Crippen molar-refractivity contribution in [2.45, 2.75) is 6.42 Å². The van der Waals surface area contributed by atoms with Gasteiger partial charge in [0.2, 0.25) is 0 Å². The second-order valence-electron chi connectivity index (χ2n) is 6.08. The van der Waals surface area contributed by atoms with Gasteiger partial charge in [-0.25, -0.2) is 9.78 Å². The molecule has 5 N–H and O–H groups in total. The molecular weight excluding hydrogens is 374 g/mol. The van der Waals surface area contributed by atoms with Crippen LogP contribution >= 0.6 is 0 Å². The molecule has 0 saturated heterocycles. The lowest BCUT2D eigenvalue weighted by molar-refractivity contribution is 0.0997. The first-order valence-corrected chi connectivity index (χ1v) is 8.72. The van der Waals surface area contributed by atoms with Gasteiger partial charge in [-0.05, 0) is 17.7 Å². The number of carbonyl (C=O) groups is 2. The van der Waals surface area contributed by atoms with Gasteiger partial charge >= 0.3 is 6.03 Å². The van der Waals surface area contributed by atoms with Crippen LogP contribution in [0.4, 0.5) is 16.3 Å². The molecule has 0 unspecified atom stereocenters. The van der Waals surface area contributed by atoms with Gasteiger partial charge in [-0.1, -0.05) is 30.3 Å². The molecule has 0 aliphatic carbocycles. The maximum absolute atomic E-state index is 12.4. The predicted octanol–water partition coefficient (Wildman–Crippen LogP) is 2.76. The highest BCUT2D eigenvalue weighted by Crippen LogP contribution is 2.29. The van der Waals surface area contributed by atoms with E-state index < -0.39 is 11.9 Å². The number of carbonyl (C=O) groups excluding carboxylic acids is 2. The molecule has 0 atom stereocenters. The van der Waals surface area contributed by atoms with Gasteiger partial charge in [0.05, 0.1) is 14.2 Å². The lowest BCUT2D eigenvalue weighted by atomic mass is 10.1. The number of nitrogens with zero attached hydrogens (tertiary/aromatic N) is 1. The first-order chi connectivity index (χ1) is 14.0. The minimum atomic E-state index is -0.724. The van der Waals surface area contributed by atoms with Gasteiger partial charge in [0.15, 0.2) is 17.3 Å². The summed E-state index contributed by atoms with van der Waals surface area (Å²) < 4.78 is 10.4. The van der Waals surface area contributed by atoms with Crippen LogP contribution in [0.1, 0.15) is 21.9 Å². The Morgan fingerprint density at radius 3 is 2.41 bits per heavy atom. The quantitative estimate of drug-likeness (QED) is 0.488. The van der Waals surface area contributed by atoms with Crippen LogP contribution in [-0.4, -0.2) is 36.1 Å². The Morgan fingerprint density at radius 1 is 1.03 bits per heavy atom. The Labute approximate surface area is 167 Å². The summed E-state index contributed by atoms with van der Waals surface area (Å²) in [5.41, 5.74) is 6.91. The number of H-pyrrole nitrogens is 1. The average molecular weight is 395 g/mol. The van der Waals surface area contributed by atoms with E-state index in [0.717, 1.165) is 5.56 Å². The lowest BCUT2D eigenvalue weighted by Gasteiger charge is -2.11. The van der Waals surface area contributed by atoms with Crippen LogP contribution in [0.5, 0.6) is 11.5 Å². The average Bonchev–Trinajstić information content (AvgIpc) is 3.10. The second-order valence-corrected chi connectivity index (χ2v) is 6.08. The fourth-order valence-electron chi connectivity index (χ4n) is 2.75. The first kappa shape index (κ1) is 19.7. The second kappa shape index (κ2) is 8.79. The Hall–Kier alpha value is -4.01. The number of anilines is 2. The number of urea groups is 1. The minimum Gasteiger partial charge on any atom is -0.493 e. The molecule has 3 aromatic rings. The van der Waals surface area contributed by atoms with E-state index in [1.165, 1.54) is 14.2 Å². The van der Waals surface area contributed by atoms with Crippen molar-refractivity contribution < 1.29 is 19.1 Å². The molecule has 29 heavy (non-hydrogen) atoms. The zero-order valence-electron chi connectivity index (χ0n) is 16.0. The van der Waals surface area contributed by atoms with Crippen LogP contribution in [0.15, 0.2) is 48.5 Å². The molecule has 9 nitrogen and oxygen atoms in total. The van der Waals surface area contributed by atoms with Crippen molar-refractivity contribution in [1.82, 2.24) is 9.97 Å². The van der Waals surface area contributed by atoms with E-state index in [1.807, 2.05) is 30.3 Å². The molecule has 9 heteroatoms. The van der Waals surface area contributed by atoms with E-state index in [-0.39, 0.29) is 11.5 Å². The summed E-state index contributed by atoms with van der Waals surface area (Å²) in [6, 6.07) is 13.9. The number of methoxy groups -OCH3 is 2. The first-order valence-electron chi connectivity index (χ1n) is 8.72. The maximum Gasteiger partial charge on any atom is 0.324 e. The summed E-state index contributed by atoms with van der Waals surface area (Å²) in [7, 11) is 3.02. The Morgan fingerprint density at radius 2 is 1.76 bits per heavy atom. The molecule has 0 radical (unpaired) electrons. The van der Waals surface area contributed by atoms with Crippen molar-refractivity contribution >= 4 is 23.4 Å². The molecule has 3 rings (SSSR count). The lowest BCUT2D eigenvalue weighted by Crippen LogP contribution is -2.22. The molecule has 1 heterocycles. The van der Waals surface area contributed by atoms with Crippen LogP contribution in [-0.2, 0) is 6.42 Å². The molecule has 0 saturated carbocycles. The van der Waals surface area contributed by atoms with Crippen LogP contribution in [0.25, 0.3) is 0 Å². The van der Waals surface area contributed by atoms with Crippen LogP contribution in [0.2, 0.25) is 0 Å². The van der Waals surface area contributed by atoms with Crippen LogP contribution in [0, 0.1) is 0 Å². The van der Waals surface area contributed by atoms with Crippen molar-refractivity contribution in [2.24, 2.45) is 5.73 Å². The molecule has 3 amide bonds. The summed E-state index contributed by atoms with van der Waals surface area (Å²) in [4.78, 5) is 31.3. The smallest absolute Gasteiger partial charge is 0.324 e. The number of aromatic amines is 1. The maximum atomic E-state index is 12.4. The zero-order valence-corrected chi connectivity index (χ0v) is 16.0. The Bertz CT molecular complexity index is 1020. The third-order valence-corrected chi connectivity index (χ3v) is 4.09. The van der Waals surface area contributed by atoms with Crippen molar-refractivity contribution in [3.8, 4) is 11.5 Å². The number of nitrogens with two attached hydrogens (primary N) is 1. The number of hydrogen-bond donors (Lipinski definition) is 4. The zero-order chi connectivity index (χ0) is 20.8. The van der Waals surface area contributed by atoms with E-state index in [9.17, 15) is 9.59 Å². The highest BCUT2D eigenvalue weighted by atomic mass is 16.5. The van der Waals surface area contributed by atoms with Gasteiger partial charge in [0.25, 0.3) is 5.91 Å². The predicted molar refractivity (Wildman–Crippen MR) is 109 cm³/mol. The molecule has 0 spiro atoms. The van der Waals surface area contributed by atoms with Crippen molar-refractivity contribution in [3.05, 3.63) is 65.6 Å². The fraction of sp³-hybridized carbons (Fsp3) is 0.150. The number of imidazole rings is 1. The molecule has 2 aromatic carbocycles. The normalized spacial score (nSPS) is 10.3. The SMILES string of the molecule is COc1ccc(NC(=O)Nc2nc(Cc3ccccc3)[nH]c2C(N)=O)cc1OC. The third-order valence-electron chi connectivity index (χ3n) is 4.09. The summed E-state index contributed by atoms with van der Waals surface area (Å²) >= 11 is 0. The Kier molecular flexibility index (Phi) is 5.98. The summed E-state index contributed by atoms with van der Waals surface area (Å²) in [5, 5.41) is 5.20. The van der Waals surface area contributed by atoms with E-state index in [1.54, 1.807) is 18.2 Å². The number of amides is 3. The van der Waals surface area contributed by atoms with Gasteiger partial charge in [-0.3, -0.25) is 10.1 Å². The van der Waals surface area contributed by atoms with E-state index >= 15 is 0 Å². The van der Waals surface area contributed by atoms with Gasteiger partial charge < -0.3 is 25.5 Å². The highest BCUT2D eigenvalue weighted by molar-refractivity contribution is 6.04. The number of hydrogen-bond acceptors (Lipinski definition) is 5. The summed E-state index contributed by atoms with van der Waals surface area (Å²) in [5.74, 6) is 0.839. The van der Waals surface area contributed by atoms with Gasteiger partial charge in [-0.2, -0.15) is 0 Å². The molecule has 1 aromatic heterocycles. The number of primary amides is 1. The van der Waals surface area contributed by atoms with Crippen molar-refractivity contribution in [1.29, 1.82) is 0 Å². The van der Waals surface area contributed by atoms with Crippen molar-refractivity contribution in [3.63, 3.8) is 0 Å². The topological polar surface area (TPSA) is 131 Å². The van der Waals surface area contributed by atoms with Gasteiger partial charge in [0, 0.05) is 18.2 Å².